The van der Waals surface area contributed by atoms with E-state index in [-0.39, 0.29) is 0 Å². The van der Waals surface area contributed by atoms with Crippen LogP contribution in [0.25, 0.3) is 0 Å². The van der Waals surface area contributed by atoms with Crippen LogP contribution in [0.5, 0.6) is 0 Å². The zero-order valence-corrected chi connectivity index (χ0v) is 13.2. The van der Waals surface area contributed by atoms with Gasteiger partial charge in [0.05, 0.1) is 5.69 Å². The summed E-state index contributed by atoms with van der Waals surface area (Å²) in [6.45, 7) is 7.15. The van der Waals surface area contributed by atoms with E-state index in [9.17, 15) is 0 Å². The summed E-state index contributed by atoms with van der Waals surface area (Å²) in [7, 11) is 2.08. The highest BCUT2D eigenvalue weighted by atomic mass is 32.2. The van der Waals surface area contributed by atoms with Crippen molar-refractivity contribution >= 4 is 28.6 Å². The molecule has 1 aliphatic heterocycles. The van der Waals surface area contributed by atoms with Crippen molar-refractivity contribution in [3.05, 3.63) is 30.3 Å². The Morgan fingerprint density at radius 1 is 1.25 bits per heavy atom. The minimum atomic E-state index is 0.803. The fraction of sp³-hybridized carbons (Fsp3) is 0.467. The SMILES string of the molecule is CCN(CC)C(/N=C1/SCCN1C)=N\c1ccccc1. The number of benzene rings is 1. The first-order chi connectivity index (χ1) is 9.74. The zero-order chi connectivity index (χ0) is 14.4. The Morgan fingerprint density at radius 2 is 1.95 bits per heavy atom. The molecule has 0 radical (unpaired) electrons. The van der Waals surface area contributed by atoms with Crippen LogP contribution in [0.2, 0.25) is 0 Å². The number of guanidine groups is 1. The van der Waals surface area contributed by atoms with E-state index in [1.54, 1.807) is 11.8 Å². The quantitative estimate of drug-likeness (QED) is 0.633. The topological polar surface area (TPSA) is 31.2 Å². The highest BCUT2D eigenvalue weighted by molar-refractivity contribution is 8.14. The summed E-state index contributed by atoms with van der Waals surface area (Å²) in [5.74, 6) is 1.91. The van der Waals surface area contributed by atoms with Crippen molar-refractivity contribution < 1.29 is 0 Å². The summed E-state index contributed by atoms with van der Waals surface area (Å²) in [4.78, 5) is 13.9. The summed E-state index contributed by atoms with van der Waals surface area (Å²) >= 11 is 1.80. The zero-order valence-electron chi connectivity index (χ0n) is 12.4. The maximum absolute atomic E-state index is 4.78. The summed E-state index contributed by atoms with van der Waals surface area (Å²) in [6, 6.07) is 10.0. The molecule has 0 spiro atoms. The van der Waals surface area contributed by atoms with Crippen LogP contribution in [0.4, 0.5) is 5.69 Å². The number of hydrogen-bond acceptors (Lipinski definition) is 2. The summed E-state index contributed by atoms with van der Waals surface area (Å²) in [5.41, 5.74) is 0.949. The van der Waals surface area contributed by atoms with Gasteiger partial charge in [-0.05, 0) is 26.0 Å². The Kier molecular flexibility index (Phi) is 5.47. The molecule has 0 bridgehead atoms. The molecule has 2 rings (SSSR count). The molecule has 1 aliphatic rings. The van der Waals surface area contributed by atoms with E-state index >= 15 is 0 Å². The van der Waals surface area contributed by atoms with Gasteiger partial charge in [-0.15, -0.1) is 0 Å². The van der Waals surface area contributed by atoms with E-state index in [4.69, 9.17) is 9.98 Å². The third-order valence-electron chi connectivity index (χ3n) is 3.21. The number of nitrogens with zero attached hydrogens (tertiary/aromatic N) is 4. The molecule has 0 aromatic heterocycles. The number of hydrogen-bond donors (Lipinski definition) is 0. The first-order valence-corrected chi connectivity index (χ1v) is 8.04. The largest absolute Gasteiger partial charge is 0.353 e. The Labute approximate surface area is 125 Å². The molecule has 1 heterocycles. The third-order valence-corrected chi connectivity index (χ3v) is 4.26. The molecule has 0 amide bonds. The van der Waals surface area contributed by atoms with Crippen molar-refractivity contribution in [1.29, 1.82) is 0 Å². The van der Waals surface area contributed by atoms with E-state index in [1.165, 1.54) is 0 Å². The predicted octanol–water partition coefficient (Wildman–Crippen LogP) is 3.05. The minimum Gasteiger partial charge on any atom is -0.353 e. The molecular weight excluding hydrogens is 268 g/mol. The van der Waals surface area contributed by atoms with Crippen molar-refractivity contribution in [2.45, 2.75) is 13.8 Å². The van der Waals surface area contributed by atoms with E-state index in [1.807, 2.05) is 30.3 Å². The smallest absolute Gasteiger partial charge is 0.228 e. The lowest BCUT2D eigenvalue weighted by Crippen LogP contribution is -2.31. The predicted molar refractivity (Wildman–Crippen MR) is 89.0 cm³/mol. The van der Waals surface area contributed by atoms with E-state index in [0.717, 1.165) is 42.2 Å². The molecule has 20 heavy (non-hydrogen) atoms. The van der Waals surface area contributed by atoms with Gasteiger partial charge in [0.1, 0.15) is 0 Å². The molecule has 0 N–H and O–H groups in total. The highest BCUT2D eigenvalue weighted by Gasteiger charge is 2.17. The van der Waals surface area contributed by atoms with Gasteiger partial charge in [0.25, 0.3) is 0 Å². The van der Waals surface area contributed by atoms with Crippen LogP contribution >= 0.6 is 11.8 Å². The highest BCUT2D eigenvalue weighted by Crippen LogP contribution is 2.18. The van der Waals surface area contributed by atoms with Crippen molar-refractivity contribution in [3.63, 3.8) is 0 Å². The summed E-state index contributed by atoms with van der Waals surface area (Å²) in [6.07, 6.45) is 0. The second kappa shape index (κ2) is 7.33. The van der Waals surface area contributed by atoms with Gasteiger partial charge < -0.3 is 9.80 Å². The minimum absolute atomic E-state index is 0.803. The fourth-order valence-corrected chi connectivity index (χ4v) is 2.98. The Bertz CT molecular complexity index is 480. The number of amidine groups is 1. The summed E-state index contributed by atoms with van der Waals surface area (Å²) < 4.78 is 0. The van der Waals surface area contributed by atoms with Crippen LogP contribution in [0.3, 0.4) is 0 Å². The van der Waals surface area contributed by atoms with Crippen LogP contribution in [0.1, 0.15) is 13.8 Å². The first-order valence-electron chi connectivity index (χ1n) is 7.06. The average molecular weight is 290 g/mol. The Morgan fingerprint density at radius 3 is 2.50 bits per heavy atom. The molecule has 0 saturated carbocycles. The Balaban J connectivity index is 2.32. The molecular formula is C15H22N4S. The van der Waals surface area contributed by atoms with Crippen molar-refractivity contribution in [2.24, 2.45) is 9.98 Å². The lowest BCUT2D eigenvalue weighted by molar-refractivity contribution is 0.459. The van der Waals surface area contributed by atoms with Gasteiger partial charge in [-0.1, -0.05) is 30.0 Å². The van der Waals surface area contributed by atoms with Gasteiger partial charge in [0.2, 0.25) is 5.96 Å². The fourth-order valence-electron chi connectivity index (χ4n) is 1.97. The van der Waals surface area contributed by atoms with Gasteiger partial charge in [0.15, 0.2) is 5.17 Å². The normalized spacial score (nSPS) is 17.9. The molecule has 0 aliphatic carbocycles. The summed E-state index contributed by atoms with van der Waals surface area (Å²) in [5, 5.41) is 1.06. The lowest BCUT2D eigenvalue weighted by Gasteiger charge is -2.21. The molecule has 0 atom stereocenters. The molecule has 1 aromatic carbocycles. The molecule has 5 heteroatoms. The van der Waals surface area contributed by atoms with Crippen molar-refractivity contribution in [1.82, 2.24) is 9.80 Å². The number of para-hydroxylation sites is 1. The van der Waals surface area contributed by atoms with Crippen molar-refractivity contribution in [2.75, 3.05) is 32.4 Å². The number of thioether (sulfide) groups is 1. The van der Waals surface area contributed by atoms with Crippen LogP contribution < -0.4 is 0 Å². The van der Waals surface area contributed by atoms with Crippen molar-refractivity contribution in [3.8, 4) is 0 Å². The first kappa shape index (κ1) is 14.9. The van der Waals surface area contributed by atoms with E-state index in [2.05, 4.69) is 30.7 Å². The Hall–Kier alpha value is -1.49. The lowest BCUT2D eigenvalue weighted by atomic mass is 10.3. The van der Waals surface area contributed by atoms with Gasteiger partial charge >= 0.3 is 0 Å². The standard InChI is InChI=1S/C15H22N4S/c1-4-19(5-2)14(16-13-9-7-6-8-10-13)17-15-18(3)11-12-20-15/h6-10H,4-5,11-12H2,1-3H3/b16-14-,17-15+. The molecule has 1 aromatic rings. The average Bonchev–Trinajstić information content (AvgIpc) is 2.87. The van der Waals surface area contributed by atoms with Crippen LogP contribution in [0, 0.1) is 0 Å². The monoisotopic (exact) mass is 290 g/mol. The molecule has 108 valence electrons. The number of aliphatic imine (C=N–C) groups is 2. The van der Waals surface area contributed by atoms with Gasteiger partial charge in [-0.3, -0.25) is 0 Å². The molecule has 0 unspecified atom stereocenters. The van der Waals surface area contributed by atoms with E-state index in [0.29, 0.717) is 0 Å². The molecule has 4 nitrogen and oxygen atoms in total. The van der Waals surface area contributed by atoms with Crippen LogP contribution in [-0.4, -0.2) is 53.4 Å². The van der Waals surface area contributed by atoms with Crippen LogP contribution in [0.15, 0.2) is 40.3 Å². The van der Waals surface area contributed by atoms with Crippen LogP contribution in [-0.2, 0) is 0 Å². The third kappa shape index (κ3) is 3.76. The maximum atomic E-state index is 4.78. The van der Waals surface area contributed by atoms with Gasteiger partial charge in [-0.2, -0.15) is 4.99 Å². The maximum Gasteiger partial charge on any atom is 0.228 e. The van der Waals surface area contributed by atoms with E-state index < -0.39 is 0 Å². The van der Waals surface area contributed by atoms with Gasteiger partial charge in [-0.25, -0.2) is 4.99 Å². The second-order valence-corrected chi connectivity index (χ2v) is 5.65. The number of rotatable bonds is 3. The second-order valence-electron chi connectivity index (χ2n) is 4.58. The molecule has 1 fully saturated rings. The molecule has 1 saturated heterocycles. The van der Waals surface area contributed by atoms with Gasteiger partial charge in [0, 0.05) is 32.4 Å².